The number of aryl methyl sites for hydroxylation is 2. The summed E-state index contributed by atoms with van der Waals surface area (Å²) in [5.41, 5.74) is 0.873. The zero-order chi connectivity index (χ0) is 17.1. The molecule has 0 aromatic carbocycles. The fraction of sp³-hybridized carbons (Fsp3) is 0.438. The van der Waals surface area contributed by atoms with Crippen molar-refractivity contribution in [1.29, 1.82) is 0 Å². The highest BCUT2D eigenvalue weighted by Gasteiger charge is 2.25. The SMILES string of the molecule is CN1CCNCC1c1noc(CCc2nc(-c3ccncc3)no2)n1. The van der Waals surface area contributed by atoms with E-state index in [1.54, 1.807) is 12.4 Å². The number of hydrogen-bond donors (Lipinski definition) is 1. The molecule has 9 heteroatoms. The monoisotopic (exact) mass is 341 g/mol. The minimum absolute atomic E-state index is 0.146. The quantitative estimate of drug-likeness (QED) is 0.723. The Labute approximate surface area is 144 Å². The van der Waals surface area contributed by atoms with Crippen molar-refractivity contribution in [2.24, 2.45) is 0 Å². The predicted octanol–water partition coefficient (Wildman–Crippen LogP) is 0.876. The number of aromatic nitrogens is 5. The number of hydrogen-bond acceptors (Lipinski definition) is 9. The second-order valence-electron chi connectivity index (χ2n) is 5.99. The molecule has 0 spiro atoms. The maximum Gasteiger partial charge on any atom is 0.227 e. The van der Waals surface area contributed by atoms with E-state index in [9.17, 15) is 0 Å². The lowest BCUT2D eigenvalue weighted by atomic mass is 10.2. The van der Waals surface area contributed by atoms with E-state index in [-0.39, 0.29) is 6.04 Å². The molecule has 25 heavy (non-hydrogen) atoms. The van der Waals surface area contributed by atoms with Gasteiger partial charge in [0.1, 0.15) is 0 Å². The van der Waals surface area contributed by atoms with E-state index in [2.05, 4.69) is 42.5 Å². The number of piperazine rings is 1. The van der Waals surface area contributed by atoms with E-state index in [0.717, 1.165) is 25.2 Å². The Morgan fingerprint density at radius 2 is 1.88 bits per heavy atom. The largest absolute Gasteiger partial charge is 0.339 e. The standard InChI is InChI=1S/C16H19N7O2/c1-23-9-8-18-10-12(23)16-20-14(25-22-16)3-2-13-19-15(21-24-13)11-4-6-17-7-5-11/h4-7,12,18H,2-3,8-10H2,1H3. The molecule has 0 bridgehead atoms. The van der Waals surface area contributed by atoms with Crippen molar-refractivity contribution in [3.05, 3.63) is 42.1 Å². The highest BCUT2D eigenvalue weighted by molar-refractivity contribution is 5.52. The van der Waals surface area contributed by atoms with E-state index in [4.69, 9.17) is 9.05 Å². The Morgan fingerprint density at radius 1 is 1.12 bits per heavy atom. The molecule has 4 heterocycles. The Kier molecular flexibility index (Phi) is 4.49. The van der Waals surface area contributed by atoms with Gasteiger partial charge in [-0.25, -0.2) is 0 Å². The summed E-state index contributed by atoms with van der Waals surface area (Å²) in [4.78, 5) is 15.1. The fourth-order valence-corrected chi connectivity index (χ4v) is 2.79. The van der Waals surface area contributed by atoms with Gasteiger partial charge >= 0.3 is 0 Å². The molecule has 3 aromatic rings. The summed E-state index contributed by atoms with van der Waals surface area (Å²) in [6, 6.07) is 3.83. The molecule has 1 aliphatic heterocycles. The molecule has 130 valence electrons. The average molecular weight is 341 g/mol. The molecular formula is C16H19N7O2. The van der Waals surface area contributed by atoms with Gasteiger partial charge in [0.15, 0.2) is 5.82 Å². The smallest absolute Gasteiger partial charge is 0.227 e. The van der Waals surface area contributed by atoms with Crippen LogP contribution in [0.1, 0.15) is 23.6 Å². The summed E-state index contributed by atoms with van der Waals surface area (Å²) in [5, 5.41) is 11.5. The van der Waals surface area contributed by atoms with Crippen molar-refractivity contribution in [3.63, 3.8) is 0 Å². The molecule has 4 rings (SSSR count). The van der Waals surface area contributed by atoms with Crippen LogP contribution in [0.3, 0.4) is 0 Å². The fourth-order valence-electron chi connectivity index (χ4n) is 2.79. The van der Waals surface area contributed by atoms with Gasteiger partial charge in [0.2, 0.25) is 17.6 Å². The van der Waals surface area contributed by atoms with Crippen LogP contribution in [-0.4, -0.2) is 56.8 Å². The molecule has 1 atom stereocenters. The summed E-state index contributed by atoms with van der Waals surface area (Å²) >= 11 is 0. The lowest BCUT2D eigenvalue weighted by Crippen LogP contribution is -2.44. The van der Waals surface area contributed by atoms with Crippen LogP contribution in [-0.2, 0) is 12.8 Å². The molecule has 1 fully saturated rings. The lowest BCUT2D eigenvalue weighted by molar-refractivity contribution is 0.190. The zero-order valence-electron chi connectivity index (χ0n) is 13.9. The Hall–Kier alpha value is -2.65. The van der Waals surface area contributed by atoms with Gasteiger partial charge in [-0.15, -0.1) is 0 Å². The average Bonchev–Trinajstić information content (AvgIpc) is 3.31. The minimum atomic E-state index is 0.146. The topological polar surface area (TPSA) is 106 Å². The molecule has 1 unspecified atom stereocenters. The normalized spacial score (nSPS) is 18.5. The second kappa shape index (κ2) is 7.08. The molecule has 3 aromatic heterocycles. The molecular weight excluding hydrogens is 322 g/mol. The van der Waals surface area contributed by atoms with Gasteiger partial charge in [0.25, 0.3) is 0 Å². The summed E-state index contributed by atoms with van der Waals surface area (Å²) in [6.45, 7) is 2.78. The van der Waals surface area contributed by atoms with E-state index >= 15 is 0 Å². The molecule has 1 aliphatic rings. The molecule has 0 radical (unpaired) electrons. The molecule has 9 nitrogen and oxygen atoms in total. The third-order valence-electron chi connectivity index (χ3n) is 4.25. The highest BCUT2D eigenvalue weighted by Crippen LogP contribution is 2.18. The van der Waals surface area contributed by atoms with Gasteiger partial charge in [-0.3, -0.25) is 9.88 Å². The van der Waals surface area contributed by atoms with E-state index in [1.165, 1.54) is 0 Å². The maximum absolute atomic E-state index is 5.37. The molecule has 0 saturated carbocycles. The van der Waals surface area contributed by atoms with Gasteiger partial charge in [-0.05, 0) is 19.2 Å². The van der Waals surface area contributed by atoms with Gasteiger partial charge in [-0.2, -0.15) is 9.97 Å². The first-order chi connectivity index (χ1) is 12.3. The highest BCUT2D eigenvalue weighted by atomic mass is 16.5. The number of rotatable bonds is 5. The molecule has 0 aliphatic carbocycles. The summed E-state index contributed by atoms with van der Waals surface area (Å²) in [7, 11) is 2.07. The molecule has 1 N–H and O–H groups in total. The van der Waals surface area contributed by atoms with Crippen LogP contribution < -0.4 is 5.32 Å². The van der Waals surface area contributed by atoms with Gasteiger partial charge in [0.05, 0.1) is 6.04 Å². The number of likely N-dealkylation sites (N-methyl/N-ethyl adjacent to an activating group) is 1. The van der Waals surface area contributed by atoms with Crippen LogP contribution in [0.25, 0.3) is 11.4 Å². The number of nitrogens with zero attached hydrogens (tertiary/aromatic N) is 6. The van der Waals surface area contributed by atoms with Crippen molar-refractivity contribution < 1.29 is 9.05 Å². The first kappa shape index (κ1) is 15.9. The molecule has 0 amide bonds. The van der Waals surface area contributed by atoms with E-state index < -0.39 is 0 Å². The van der Waals surface area contributed by atoms with Crippen LogP contribution in [0.4, 0.5) is 0 Å². The van der Waals surface area contributed by atoms with Crippen molar-refractivity contribution in [2.45, 2.75) is 18.9 Å². The summed E-state index contributed by atoms with van der Waals surface area (Å²) < 4.78 is 10.7. The van der Waals surface area contributed by atoms with E-state index in [1.807, 2.05) is 12.1 Å². The third-order valence-corrected chi connectivity index (χ3v) is 4.25. The molecule has 1 saturated heterocycles. The van der Waals surface area contributed by atoms with Crippen molar-refractivity contribution in [1.82, 2.24) is 35.5 Å². The lowest BCUT2D eigenvalue weighted by Gasteiger charge is -2.30. The second-order valence-corrected chi connectivity index (χ2v) is 5.99. The Balaban J connectivity index is 1.38. The van der Waals surface area contributed by atoms with Crippen LogP contribution >= 0.6 is 0 Å². The maximum atomic E-state index is 5.37. The van der Waals surface area contributed by atoms with Crippen LogP contribution in [0, 0.1) is 0 Å². The van der Waals surface area contributed by atoms with E-state index in [0.29, 0.717) is 36.3 Å². The first-order valence-corrected chi connectivity index (χ1v) is 8.26. The number of pyridine rings is 1. The summed E-state index contributed by atoms with van der Waals surface area (Å²) in [6.07, 6.45) is 4.51. The Morgan fingerprint density at radius 3 is 2.68 bits per heavy atom. The van der Waals surface area contributed by atoms with Crippen LogP contribution in [0.5, 0.6) is 0 Å². The van der Waals surface area contributed by atoms with Gasteiger partial charge in [-0.1, -0.05) is 10.3 Å². The van der Waals surface area contributed by atoms with Crippen molar-refractivity contribution in [3.8, 4) is 11.4 Å². The van der Waals surface area contributed by atoms with Crippen molar-refractivity contribution in [2.75, 3.05) is 26.7 Å². The minimum Gasteiger partial charge on any atom is -0.339 e. The van der Waals surface area contributed by atoms with Gasteiger partial charge < -0.3 is 14.4 Å². The van der Waals surface area contributed by atoms with Crippen LogP contribution in [0.15, 0.2) is 33.6 Å². The predicted molar refractivity (Wildman–Crippen MR) is 87.5 cm³/mol. The van der Waals surface area contributed by atoms with Crippen molar-refractivity contribution >= 4 is 0 Å². The zero-order valence-corrected chi connectivity index (χ0v) is 13.9. The van der Waals surface area contributed by atoms with Crippen LogP contribution in [0.2, 0.25) is 0 Å². The Bertz CT molecular complexity index is 817. The third kappa shape index (κ3) is 3.57. The van der Waals surface area contributed by atoms with Gasteiger partial charge in [0, 0.05) is 50.4 Å². The number of nitrogens with one attached hydrogen (secondary N) is 1. The summed E-state index contributed by atoms with van der Waals surface area (Å²) in [5.74, 6) is 2.40. The first-order valence-electron chi connectivity index (χ1n) is 8.26.